The zero-order valence-electron chi connectivity index (χ0n) is 20.0. The molecule has 0 atom stereocenters. The highest BCUT2D eigenvalue weighted by Crippen LogP contribution is 2.25. The number of ether oxygens (including phenoxy) is 1. The fraction of sp³-hybridized carbons (Fsp3) is 0.280. The van der Waals surface area contributed by atoms with E-state index in [2.05, 4.69) is 15.4 Å². The first-order valence-corrected chi connectivity index (χ1v) is 13.0. The number of hydrogen-bond acceptors (Lipinski definition) is 7. The summed E-state index contributed by atoms with van der Waals surface area (Å²) in [6, 6.07) is 18.0. The molecule has 3 heterocycles. The monoisotopic (exact) mass is 506 g/mol. The van der Waals surface area contributed by atoms with E-state index in [9.17, 15) is 13.2 Å². The molecule has 4 aromatic rings. The first-order valence-electron chi connectivity index (χ1n) is 11.6. The van der Waals surface area contributed by atoms with Crippen molar-refractivity contribution in [2.24, 2.45) is 0 Å². The molecular formula is C25H26N6O4S. The molecule has 10 nitrogen and oxygen atoms in total. The Hall–Kier alpha value is -3.67. The van der Waals surface area contributed by atoms with Crippen LogP contribution in [0.3, 0.4) is 0 Å². The molecule has 11 heteroatoms. The Morgan fingerprint density at radius 1 is 1.00 bits per heavy atom. The number of morpholine rings is 1. The van der Waals surface area contributed by atoms with E-state index in [1.807, 2.05) is 54.8 Å². The lowest BCUT2D eigenvalue weighted by Crippen LogP contribution is -2.40. The minimum atomic E-state index is -3.64. The number of rotatable bonds is 7. The smallest absolute Gasteiger partial charge is 0.243 e. The Morgan fingerprint density at radius 2 is 1.75 bits per heavy atom. The third-order valence-corrected chi connectivity index (χ3v) is 8.08. The number of nitrogens with zero attached hydrogens (tertiary/aromatic N) is 6. The average Bonchev–Trinajstić information content (AvgIpc) is 3.48. The molecule has 1 aliphatic heterocycles. The Morgan fingerprint density at radius 3 is 2.50 bits per heavy atom. The predicted octanol–water partition coefficient (Wildman–Crippen LogP) is 2.65. The highest BCUT2D eigenvalue weighted by molar-refractivity contribution is 7.89. The fourth-order valence-corrected chi connectivity index (χ4v) is 5.84. The number of aryl methyl sites for hydroxylation is 1. The first kappa shape index (κ1) is 24.0. The maximum absolute atomic E-state index is 13.2. The van der Waals surface area contributed by atoms with Crippen LogP contribution in [0.15, 0.2) is 65.6 Å². The SMILES string of the molecule is Cc1cc(C(=O)Cn2nnc(-c3ccccc3)n2)c(C)n1-c1cccc(S(=O)(=O)N2CCOCC2)c1. The van der Waals surface area contributed by atoms with Gasteiger partial charge in [-0.15, -0.1) is 10.2 Å². The number of carbonyl (C=O) groups is 1. The molecule has 186 valence electrons. The van der Waals surface area contributed by atoms with Gasteiger partial charge < -0.3 is 9.30 Å². The summed E-state index contributed by atoms with van der Waals surface area (Å²) in [5, 5.41) is 12.4. The van der Waals surface area contributed by atoms with Crippen LogP contribution in [-0.2, 0) is 21.3 Å². The van der Waals surface area contributed by atoms with Crippen molar-refractivity contribution in [3.63, 3.8) is 0 Å². The maximum atomic E-state index is 13.2. The van der Waals surface area contributed by atoms with Gasteiger partial charge in [-0.3, -0.25) is 4.79 Å². The van der Waals surface area contributed by atoms with Crippen molar-refractivity contribution in [2.75, 3.05) is 26.3 Å². The van der Waals surface area contributed by atoms with Crippen molar-refractivity contribution >= 4 is 15.8 Å². The lowest BCUT2D eigenvalue weighted by Gasteiger charge is -2.26. The Bertz CT molecular complexity index is 1500. The van der Waals surface area contributed by atoms with E-state index in [0.29, 0.717) is 49.1 Å². The quantitative estimate of drug-likeness (QED) is 0.354. The minimum Gasteiger partial charge on any atom is -0.379 e. The third kappa shape index (κ3) is 4.60. The molecule has 0 N–H and O–H groups in total. The highest BCUT2D eigenvalue weighted by atomic mass is 32.2. The van der Waals surface area contributed by atoms with E-state index >= 15 is 0 Å². The molecule has 0 saturated carbocycles. The molecule has 2 aromatic heterocycles. The van der Waals surface area contributed by atoms with Crippen molar-refractivity contribution in [1.82, 2.24) is 29.1 Å². The molecule has 0 radical (unpaired) electrons. The van der Waals surface area contributed by atoms with Crippen LogP contribution in [-0.4, -0.2) is 69.6 Å². The van der Waals surface area contributed by atoms with E-state index in [4.69, 9.17) is 4.74 Å². The molecule has 0 amide bonds. The van der Waals surface area contributed by atoms with E-state index < -0.39 is 10.0 Å². The topological polar surface area (TPSA) is 112 Å². The van der Waals surface area contributed by atoms with Crippen molar-refractivity contribution in [1.29, 1.82) is 0 Å². The highest BCUT2D eigenvalue weighted by Gasteiger charge is 2.27. The van der Waals surface area contributed by atoms with Gasteiger partial charge in [0.25, 0.3) is 0 Å². The number of carbonyl (C=O) groups excluding carboxylic acids is 1. The van der Waals surface area contributed by atoms with Crippen LogP contribution in [0.25, 0.3) is 17.1 Å². The molecule has 0 aliphatic carbocycles. The van der Waals surface area contributed by atoms with Gasteiger partial charge >= 0.3 is 0 Å². The number of hydrogen-bond donors (Lipinski definition) is 0. The number of sulfonamides is 1. The number of tetrazole rings is 1. The summed E-state index contributed by atoms with van der Waals surface area (Å²) < 4.78 is 34.9. The summed E-state index contributed by atoms with van der Waals surface area (Å²) in [5.41, 5.74) is 3.53. The zero-order valence-corrected chi connectivity index (χ0v) is 20.9. The molecule has 2 aromatic carbocycles. The van der Waals surface area contributed by atoms with E-state index in [1.165, 1.54) is 9.10 Å². The Labute approximate surface area is 209 Å². The van der Waals surface area contributed by atoms with Crippen LogP contribution in [0.5, 0.6) is 0 Å². The molecule has 1 saturated heterocycles. The van der Waals surface area contributed by atoms with Gasteiger partial charge in [0.05, 0.1) is 18.1 Å². The van der Waals surface area contributed by atoms with Gasteiger partial charge in [0.2, 0.25) is 15.8 Å². The average molecular weight is 507 g/mol. The summed E-state index contributed by atoms with van der Waals surface area (Å²) in [7, 11) is -3.64. The van der Waals surface area contributed by atoms with Crippen molar-refractivity contribution in [3.8, 4) is 17.1 Å². The Balaban J connectivity index is 1.40. The lowest BCUT2D eigenvalue weighted by atomic mass is 10.1. The Kier molecular flexibility index (Phi) is 6.52. The van der Waals surface area contributed by atoms with Crippen LogP contribution in [0.4, 0.5) is 0 Å². The minimum absolute atomic E-state index is 0.0599. The van der Waals surface area contributed by atoms with Crippen LogP contribution in [0.1, 0.15) is 21.7 Å². The molecule has 0 spiro atoms. The lowest BCUT2D eigenvalue weighted by molar-refractivity contribution is 0.0730. The number of benzene rings is 2. The first-order chi connectivity index (χ1) is 17.3. The predicted molar refractivity (Wildman–Crippen MR) is 132 cm³/mol. The second-order valence-corrected chi connectivity index (χ2v) is 10.5. The molecule has 0 unspecified atom stereocenters. The number of Topliss-reactive ketones (excluding diaryl/α,β-unsaturated/α-hetero) is 1. The van der Waals surface area contributed by atoms with Crippen LogP contribution < -0.4 is 0 Å². The zero-order chi connectivity index (χ0) is 25.3. The summed E-state index contributed by atoms with van der Waals surface area (Å²) >= 11 is 0. The van der Waals surface area contributed by atoms with E-state index in [1.54, 1.807) is 24.3 Å². The van der Waals surface area contributed by atoms with Gasteiger partial charge in [-0.25, -0.2) is 8.42 Å². The molecule has 0 bridgehead atoms. The molecule has 1 fully saturated rings. The normalized spacial score (nSPS) is 14.7. The van der Waals surface area contributed by atoms with E-state index in [0.717, 1.165) is 11.3 Å². The van der Waals surface area contributed by atoms with Crippen LogP contribution in [0, 0.1) is 13.8 Å². The van der Waals surface area contributed by atoms with Gasteiger partial charge in [-0.1, -0.05) is 36.4 Å². The second kappa shape index (κ2) is 9.76. The summed E-state index contributed by atoms with van der Waals surface area (Å²) in [6.07, 6.45) is 0. The molecule has 1 aliphatic rings. The van der Waals surface area contributed by atoms with Crippen LogP contribution in [0.2, 0.25) is 0 Å². The fourth-order valence-electron chi connectivity index (χ4n) is 4.39. The standard InChI is InChI=1S/C25H26N6O4S/c1-18-15-23(24(32)17-30-27-25(26-28-30)20-7-4-3-5-8-20)19(2)31(18)21-9-6-10-22(16-21)36(33,34)29-11-13-35-14-12-29/h3-10,15-16H,11-14,17H2,1-2H3. The molecule has 5 rings (SSSR count). The molecular weight excluding hydrogens is 480 g/mol. The van der Waals surface area contributed by atoms with E-state index in [-0.39, 0.29) is 17.2 Å². The summed E-state index contributed by atoms with van der Waals surface area (Å²) in [4.78, 5) is 14.6. The number of aromatic nitrogens is 5. The summed E-state index contributed by atoms with van der Waals surface area (Å²) in [6.45, 7) is 5.09. The number of ketones is 1. The second-order valence-electron chi connectivity index (χ2n) is 8.57. The molecule has 36 heavy (non-hydrogen) atoms. The maximum Gasteiger partial charge on any atom is 0.243 e. The van der Waals surface area contributed by atoms with Gasteiger partial charge in [-0.05, 0) is 43.3 Å². The van der Waals surface area contributed by atoms with Gasteiger partial charge in [0.15, 0.2) is 5.78 Å². The van der Waals surface area contributed by atoms with Gasteiger partial charge in [0.1, 0.15) is 6.54 Å². The van der Waals surface area contributed by atoms with Crippen molar-refractivity contribution < 1.29 is 17.9 Å². The third-order valence-electron chi connectivity index (χ3n) is 6.19. The van der Waals surface area contributed by atoms with Crippen molar-refractivity contribution in [3.05, 3.63) is 77.6 Å². The van der Waals surface area contributed by atoms with Crippen LogP contribution >= 0.6 is 0 Å². The van der Waals surface area contributed by atoms with Crippen molar-refractivity contribution in [2.45, 2.75) is 25.3 Å². The van der Waals surface area contributed by atoms with Gasteiger partial charge in [0, 0.05) is 41.3 Å². The summed E-state index contributed by atoms with van der Waals surface area (Å²) in [5.74, 6) is 0.288. The van der Waals surface area contributed by atoms with Gasteiger partial charge in [-0.2, -0.15) is 9.10 Å². The largest absolute Gasteiger partial charge is 0.379 e.